The van der Waals surface area contributed by atoms with Crippen LogP contribution in [0.15, 0.2) is 65.8 Å². The lowest BCUT2D eigenvalue weighted by atomic mass is 10.1. The molecular weight excluding hydrogens is 378 g/mol. The van der Waals surface area contributed by atoms with Gasteiger partial charge < -0.3 is 14.7 Å². The summed E-state index contributed by atoms with van der Waals surface area (Å²) >= 11 is 0. The summed E-state index contributed by atoms with van der Waals surface area (Å²) in [4.78, 5) is 37.0. The molecule has 152 valence electrons. The number of hydrogen-bond donors (Lipinski definition) is 0. The second-order valence-corrected chi connectivity index (χ2v) is 7.88. The number of carbonyl (C=O) groups is 2. The summed E-state index contributed by atoms with van der Waals surface area (Å²) in [5.41, 5.74) is 4.43. The van der Waals surface area contributed by atoms with Crippen molar-refractivity contribution in [3.8, 4) is 0 Å². The molecular formula is C23H23N5O2. The number of guanidine groups is 1. The Morgan fingerprint density at radius 3 is 2.40 bits per heavy atom. The smallest absolute Gasteiger partial charge is 0.306 e. The highest BCUT2D eigenvalue weighted by Gasteiger charge is 2.53. The average molecular weight is 401 g/mol. The van der Waals surface area contributed by atoms with Gasteiger partial charge in [0.05, 0.1) is 12.2 Å². The number of hydrogen-bond acceptors (Lipinski definition) is 5. The minimum atomic E-state index is -0.548. The van der Waals surface area contributed by atoms with Gasteiger partial charge in [0, 0.05) is 20.3 Å². The number of imide groups is 1. The minimum Gasteiger partial charge on any atom is -0.306 e. The van der Waals surface area contributed by atoms with Gasteiger partial charge in [0.25, 0.3) is 5.91 Å². The Labute approximate surface area is 175 Å². The number of rotatable bonds is 3. The molecule has 1 fully saturated rings. The molecule has 0 aliphatic carbocycles. The van der Waals surface area contributed by atoms with Crippen LogP contribution in [-0.4, -0.2) is 63.8 Å². The van der Waals surface area contributed by atoms with E-state index in [0.29, 0.717) is 12.5 Å². The van der Waals surface area contributed by atoms with Gasteiger partial charge in [-0.05, 0) is 23.6 Å². The van der Waals surface area contributed by atoms with Gasteiger partial charge in [-0.3, -0.25) is 9.69 Å². The van der Waals surface area contributed by atoms with Crippen LogP contribution in [0.3, 0.4) is 0 Å². The fraction of sp³-hybridized carbons (Fsp3) is 0.261. The van der Waals surface area contributed by atoms with Crippen molar-refractivity contribution in [2.45, 2.75) is 25.7 Å². The van der Waals surface area contributed by atoms with Crippen LogP contribution in [0.1, 0.15) is 16.7 Å². The van der Waals surface area contributed by atoms with Gasteiger partial charge in [0.15, 0.2) is 12.2 Å². The number of likely N-dealkylation sites (N-methyl/N-ethyl adjacent to an activating group) is 2. The van der Waals surface area contributed by atoms with E-state index in [9.17, 15) is 9.59 Å². The highest BCUT2D eigenvalue weighted by molar-refractivity contribution is 6.06. The first-order chi connectivity index (χ1) is 14.5. The van der Waals surface area contributed by atoms with Gasteiger partial charge in [-0.1, -0.05) is 54.6 Å². The molecule has 3 aliphatic rings. The highest BCUT2D eigenvalue weighted by atomic mass is 16.2. The number of urea groups is 1. The third-order valence-corrected chi connectivity index (χ3v) is 6.08. The normalized spacial score (nSPS) is 22.9. The highest BCUT2D eigenvalue weighted by Crippen LogP contribution is 2.38. The Hall–Kier alpha value is -3.61. The van der Waals surface area contributed by atoms with Crippen LogP contribution in [0.25, 0.3) is 5.70 Å². The van der Waals surface area contributed by atoms with Crippen LogP contribution in [0, 0.1) is 6.92 Å². The molecule has 0 aromatic heterocycles. The van der Waals surface area contributed by atoms with E-state index in [0.717, 1.165) is 11.3 Å². The number of nitrogens with zero attached hydrogens (tertiary/aromatic N) is 5. The number of fused-ring (bicyclic) bond motifs is 3. The van der Waals surface area contributed by atoms with Crippen molar-refractivity contribution < 1.29 is 9.59 Å². The van der Waals surface area contributed by atoms with Crippen molar-refractivity contribution in [2.75, 3.05) is 14.1 Å². The van der Waals surface area contributed by atoms with Crippen molar-refractivity contribution in [1.82, 2.24) is 19.6 Å². The number of carbonyl (C=O) groups excluding carboxylic acids is 2. The molecule has 2 atom stereocenters. The Morgan fingerprint density at radius 2 is 1.67 bits per heavy atom. The van der Waals surface area contributed by atoms with E-state index in [4.69, 9.17) is 4.99 Å². The van der Waals surface area contributed by atoms with Gasteiger partial charge >= 0.3 is 6.03 Å². The first kappa shape index (κ1) is 18.4. The van der Waals surface area contributed by atoms with Crippen LogP contribution in [-0.2, 0) is 11.3 Å². The Balaban J connectivity index is 1.59. The maximum Gasteiger partial charge on any atom is 0.328 e. The lowest BCUT2D eigenvalue weighted by molar-refractivity contribution is -0.135. The molecule has 0 radical (unpaired) electrons. The van der Waals surface area contributed by atoms with Gasteiger partial charge in [-0.2, -0.15) is 0 Å². The predicted molar refractivity (Wildman–Crippen MR) is 114 cm³/mol. The molecule has 3 heterocycles. The van der Waals surface area contributed by atoms with Gasteiger partial charge in [0.1, 0.15) is 0 Å². The minimum absolute atomic E-state index is 0.233. The van der Waals surface area contributed by atoms with E-state index in [-0.39, 0.29) is 11.9 Å². The van der Waals surface area contributed by atoms with Crippen LogP contribution >= 0.6 is 0 Å². The molecule has 3 amide bonds. The molecule has 0 saturated carbocycles. The zero-order chi connectivity index (χ0) is 21.0. The van der Waals surface area contributed by atoms with Crippen molar-refractivity contribution in [1.29, 1.82) is 0 Å². The molecule has 3 aliphatic heterocycles. The molecule has 5 rings (SSSR count). The van der Waals surface area contributed by atoms with E-state index in [1.165, 1.54) is 23.1 Å². The third kappa shape index (κ3) is 2.62. The zero-order valence-electron chi connectivity index (χ0n) is 17.2. The molecule has 7 nitrogen and oxygen atoms in total. The summed E-state index contributed by atoms with van der Waals surface area (Å²) in [5.74, 6) is 0.471. The van der Waals surface area contributed by atoms with Crippen molar-refractivity contribution in [2.24, 2.45) is 4.99 Å². The second-order valence-electron chi connectivity index (χ2n) is 7.88. The first-order valence-electron chi connectivity index (χ1n) is 9.97. The fourth-order valence-electron chi connectivity index (χ4n) is 4.32. The monoisotopic (exact) mass is 401 g/mol. The molecule has 30 heavy (non-hydrogen) atoms. The molecule has 2 unspecified atom stereocenters. The van der Waals surface area contributed by atoms with Crippen LogP contribution < -0.4 is 0 Å². The van der Waals surface area contributed by atoms with Crippen molar-refractivity contribution >= 4 is 23.6 Å². The van der Waals surface area contributed by atoms with Crippen LogP contribution in [0.2, 0.25) is 0 Å². The van der Waals surface area contributed by atoms with E-state index < -0.39 is 12.2 Å². The van der Waals surface area contributed by atoms with E-state index in [1.807, 2.05) is 41.4 Å². The Morgan fingerprint density at radius 1 is 0.967 bits per heavy atom. The summed E-state index contributed by atoms with van der Waals surface area (Å²) in [6, 6.07) is 17.5. The summed E-state index contributed by atoms with van der Waals surface area (Å²) in [7, 11) is 3.22. The second kappa shape index (κ2) is 6.73. The number of benzene rings is 2. The Kier molecular flexibility index (Phi) is 4.13. The molecule has 0 N–H and O–H groups in total. The quantitative estimate of drug-likeness (QED) is 0.794. The summed E-state index contributed by atoms with van der Waals surface area (Å²) < 4.78 is 0. The van der Waals surface area contributed by atoms with Crippen molar-refractivity contribution in [3.05, 3.63) is 77.5 Å². The van der Waals surface area contributed by atoms with Gasteiger partial charge in [-0.15, -0.1) is 0 Å². The largest absolute Gasteiger partial charge is 0.328 e. The molecule has 2 aromatic rings. The van der Waals surface area contributed by atoms with Crippen LogP contribution in [0.5, 0.6) is 0 Å². The lowest BCUT2D eigenvalue weighted by Gasteiger charge is -2.38. The molecule has 0 spiro atoms. The molecule has 7 heteroatoms. The fourth-order valence-corrected chi connectivity index (χ4v) is 4.32. The van der Waals surface area contributed by atoms with Crippen LogP contribution in [0.4, 0.5) is 4.79 Å². The lowest BCUT2D eigenvalue weighted by Crippen LogP contribution is -2.63. The van der Waals surface area contributed by atoms with E-state index in [1.54, 1.807) is 11.9 Å². The summed E-state index contributed by atoms with van der Waals surface area (Å²) in [6.07, 6.45) is 1.47. The van der Waals surface area contributed by atoms with E-state index >= 15 is 0 Å². The zero-order valence-corrected chi connectivity index (χ0v) is 17.2. The summed E-state index contributed by atoms with van der Waals surface area (Å²) in [6.45, 7) is 2.72. The van der Waals surface area contributed by atoms with Gasteiger partial charge in [-0.25, -0.2) is 9.79 Å². The molecule has 0 bridgehead atoms. The SMILES string of the molecule is Cc1ccccc1CN1C(c2ccccc2)=CN2C1=NC1C2C(=O)N(C)C(=O)N1C. The number of amides is 3. The molecule has 2 aromatic carbocycles. The number of aryl methyl sites for hydroxylation is 1. The molecule has 1 saturated heterocycles. The van der Waals surface area contributed by atoms with E-state index in [2.05, 4.69) is 36.1 Å². The number of aliphatic imine (C=N–C) groups is 1. The standard InChI is InChI=1S/C23H23N5O2/c1-15-9-7-8-12-17(15)13-27-18(16-10-5-4-6-11-16)14-28-19-20(24-22(27)28)25(2)23(30)26(3)21(19)29/h4-12,14,19-20H,13H2,1-3H3. The predicted octanol–water partition coefficient (Wildman–Crippen LogP) is 2.70. The average Bonchev–Trinajstić information content (AvgIpc) is 3.30. The Bertz CT molecular complexity index is 1090. The maximum absolute atomic E-state index is 13.0. The third-order valence-electron chi connectivity index (χ3n) is 6.08. The topological polar surface area (TPSA) is 59.5 Å². The first-order valence-corrected chi connectivity index (χ1v) is 9.97. The van der Waals surface area contributed by atoms with Gasteiger partial charge in [0.2, 0.25) is 5.96 Å². The summed E-state index contributed by atoms with van der Waals surface area (Å²) in [5, 5.41) is 0. The maximum atomic E-state index is 13.0. The van der Waals surface area contributed by atoms with Crippen molar-refractivity contribution in [3.63, 3.8) is 0 Å².